The van der Waals surface area contributed by atoms with Crippen LogP contribution in [0.2, 0.25) is 0 Å². The van der Waals surface area contributed by atoms with Crippen LogP contribution in [-0.4, -0.2) is 23.1 Å². The molecule has 3 rings (SSSR count). The molecule has 2 aromatic carbocycles. The molecule has 0 bridgehead atoms. The van der Waals surface area contributed by atoms with Crippen LogP contribution in [0.5, 0.6) is 5.75 Å². The van der Waals surface area contributed by atoms with Gasteiger partial charge in [0.05, 0.1) is 24.7 Å². The van der Waals surface area contributed by atoms with Gasteiger partial charge < -0.3 is 15.5 Å². The third-order valence-corrected chi connectivity index (χ3v) is 3.93. The number of methoxy groups -OCH3 is 1. The second kappa shape index (κ2) is 8.14. The van der Waals surface area contributed by atoms with Crippen LogP contribution in [-0.2, 0) is 0 Å². The molecule has 1 heterocycles. The molecule has 0 atom stereocenters. The first-order valence-corrected chi connectivity index (χ1v) is 8.40. The van der Waals surface area contributed by atoms with Crippen molar-refractivity contribution >= 4 is 17.6 Å². The number of para-hydroxylation sites is 1. The first kappa shape index (κ1) is 18.1. The van der Waals surface area contributed by atoms with E-state index in [4.69, 9.17) is 10.1 Å². The number of allylic oxidation sites excluding steroid dienone is 1. The topological polar surface area (TPSA) is 80.0 Å². The second-order valence-electron chi connectivity index (χ2n) is 5.90. The molecule has 0 aliphatic carbocycles. The monoisotopic (exact) mass is 360 g/mol. The Labute approximate surface area is 157 Å². The summed E-state index contributed by atoms with van der Waals surface area (Å²) in [6, 6.07) is 17.2. The number of nitrogens with zero attached hydrogens (tertiary/aromatic N) is 2. The summed E-state index contributed by atoms with van der Waals surface area (Å²) < 4.78 is 6.88. The lowest BCUT2D eigenvalue weighted by Crippen LogP contribution is -2.21. The number of rotatable bonds is 6. The van der Waals surface area contributed by atoms with E-state index in [1.807, 2.05) is 61.5 Å². The zero-order valence-electron chi connectivity index (χ0n) is 15.1. The second-order valence-corrected chi connectivity index (χ2v) is 5.90. The van der Waals surface area contributed by atoms with Gasteiger partial charge in [-0.15, -0.1) is 0 Å². The van der Waals surface area contributed by atoms with E-state index in [1.165, 1.54) is 13.2 Å². The summed E-state index contributed by atoms with van der Waals surface area (Å²) in [4.78, 5) is 12.8. The average Bonchev–Trinajstić information content (AvgIpc) is 2.69. The van der Waals surface area contributed by atoms with Gasteiger partial charge in [0.15, 0.2) is 11.4 Å². The van der Waals surface area contributed by atoms with Crippen LogP contribution < -0.4 is 15.5 Å². The molecule has 0 aliphatic rings. The van der Waals surface area contributed by atoms with Crippen molar-refractivity contribution in [3.63, 3.8) is 0 Å². The van der Waals surface area contributed by atoms with Crippen LogP contribution in [0, 0.1) is 12.3 Å². The van der Waals surface area contributed by atoms with Crippen LogP contribution in [0.4, 0.5) is 5.69 Å². The Hall–Kier alpha value is -3.67. The van der Waals surface area contributed by atoms with Gasteiger partial charge in [-0.3, -0.25) is 4.79 Å². The Balaban J connectivity index is 2.14. The van der Waals surface area contributed by atoms with E-state index in [-0.39, 0.29) is 16.9 Å². The van der Waals surface area contributed by atoms with Crippen molar-refractivity contribution < 1.29 is 4.74 Å². The van der Waals surface area contributed by atoms with E-state index in [9.17, 15) is 4.79 Å². The molecule has 0 saturated heterocycles. The molecular weight excluding hydrogens is 340 g/mol. The Morgan fingerprint density at radius 3 is 2.63 bits per heavy atom. The van der Waals surface area contributed by atoms with Crippen molar-refractivity contribution in [2.45, 2.75) is 6.92 Å². The Kier molecular flexibility index (Phi) is 5.47. The summed E-state index contributed by atoms with van der Waals surface area (Å²) in [6.07, 6.45) is 4.17. The lowest BCUT2D eigenvalue weighted by atomic mass is 10.2. The first-order valence-electron chi connectivity index (χ1n) is 8.40. The molecule has 0 unspecified atom stereocenters. The molecule has 0 radical (unpaired) electrons. The third kappa shape index (κ3) is 4.12. The van der Waals surface area contributed by atoms with E-state index < -0.39 is 0 Å². The van der Waals surface area contributed by atoms with Crippen LogP contribution in [0.15, 0.2) is 71.7 Å². The molecule has 136 valence electrons. The fraction of sp³-hybridized carbons (Fsp3) is 0.0952. The highest BCUT2D eigenvalue weighted by molar-refractivity contribution is 5.87. The molecule has 0 amide bonds. The summed E-state index contributed by atoms with van der Waals surface area (Å²) in [5.41, 5.74) is 2.91. The zero-order valence-corrected chi connectivity index (χ0v) is 15.1. The molecule has 27 heavy (non-hydrogen) atoms. The number of nitrogens with one attached hydrogen (secondary N) is 2. The highest BCUT2D eigenvalue weighted by Gasteiger charge is 2.15. The van der Waals surface area contributed by atoms with Crippen LogP contribution in [0.1, 0.15) is 11.3 Å². The smallest absolute Gasteiger partial charge is 0.251 e. The molecule has 0 saturated carbocycles. The van der Waals surface area contributed by atoms with Gasteiger partial charge in [0.1, 0.15) is 0 Å². The van der Waals surface area contributed by atoms with Crippen LogP contribution in [0.3, 0.4) is 0 Å². The summed E-state index contributed by atoms with van der Waals surface area (Å²) in [5.74, 6) is 0.173. The number of aromatic nitrogens is 2. The van der Waals surface area contributed by atoms with Crippen LogP contribution in [0.25, 0.3) is 11.4 Å². The molecule has 6 nitrogen and oxygen atoms in total. The molecular formula is C21H20N4O2. The molecule has 0 spiro atoms. The number of ether oxygens (including phenoxy) is 1. The van der Waals surface area contributed by atoms with Gasteiger partial charge in [0, 0.05) is 11.9 Å². The van der Waals surface area contributed by atoms with E-state index >= 15 is 0 Å². The first-order chi connectivity index (χ1) is 13.1. The largest absolute Gasteiger partial charge is 0.491 e. The van der Waals surface area contributed by atoms with E-state index in [0.29, 0.717) is 5.70 Å². The molecule has 0 fully saturated rings. The van der Waals surface area contributed by atoms with E-state index in [1.54, 1.807) is 10.9 Å². The van der Waals surface area contributed by atoms with Crippen molar-refractivity contribution in [3.05, 3.63) is 88.4 Å². The van der Waals surface area contributed by atoms with Gasteiger partial charge in [-0.2, -0.15) is 5.10 Å². The summed E-state index contributed by atoms with van der Waals surface area (Å²) in [6.45, 7) is 1.99. The lowest BCUT2D eigenvalue weighted by molar-refractivity contribution is 0.404. The predicted molar refractivity (Wildman–Crippen MR) is 108 cm³/mol. The molecule has 2 N–H and O–H groups in total. The van der Waals surface area contributed by atoms with Crippen molar-refractivity contribution in [3.8, 4) is 11.4 Å². The molecule has 1 aromatic heterocycles. The lowest BCUT2D eigenvalue weighted by Gasteiger charge is -2.14. The maximum atomic E-state index is 12.8. The van der Waals surface area contributed by atoms with Crippen molar-refractivity contribution in [2.24, 2.45) is 0 Å². The van der Waals surface area contributed by atoms with E-state index in [2.05, 4.69) is 10.4 Å². The van der Waals surface area contributed by atoms with Crippen LogP contribution >= 0.6 is 0 Å². The van der Waals surface area contributed by atoms with Gasteiger partial charge in [-0.1, -0.05) is 30.3 Å². The summed E-state index contributed by atoms with van der Waals surface area (Å²) in [7, 11) is 1.45. The van der Waals surface area contributed by atoms with Gasteiger partial charge in [-0.05, 0) is 42.8 Å². The summed E-state index contributed by atoms with van der Waals surface area (Å²) in [5, 5.41) is 15.1. The van der Waals surface area contributed by atoms with Crippen molar-refractivity contribution in [1.29, 1.82) is 5.41 Å². The van der Waals surface area contributed by atoms with E-state index in [0.717, 1.165) is 23.2 Å². The zero-order chi connectivity index (χ0) is 19.2. The molecule has 6 heteroatoms. The number of benzene rings is 2. The predicted octanol–water partition coefficient (Wildman–Crippen LogP) is 3.65. The SMILES string of the molecule is COc1cn(-c2cccc(C)c2)nc(/C(=C/C=N)Nc2ccccc2)c1=O. The number of anilines is 1. The Bertz CT molecular complexity index is 1040. The molecule has 0 aliphatic heterocycles. The minimum atomic E-state index is -0.349. The van der Waals surface area contributed by atoms with Crippen molar-refractivity contribution in [1.82, 2.24) is 9.78 Å². The molecule has 3 aromatic rings. The van der Waals surface area contributed by atoms with Gasteiger partial charge in [0.25, 0.3) is 5.43 Å². The minimum Gasteiger partial charge on any atom is -0.491 e. The normalized spacial score (nSPS) is 11.1. The maximum Gasteiger partial charge on any atom is 0.251 e. The highest BCUT2D eigenvalue weighted by atomic mass is 16.5. The average molecular weight is 360 g/mol. The van der Waals surface area contributed by atoms with Gasteiger partial charge in [0.2, 0.25) is 0 Å². The van der Waals surface area contributed by atoms with Crippen molar-refractivity contribution in [2.75, 3.05) is 12.4 Å². The third-order valence-electron chi connectivity index (χ3n) is 3.93. The van der Waals surface area contributed by atoms with Gasteiger partial charge in [-0.25, -0.2) is 4.68 Å². The fourth-order valence-electron chi connectivity index (χ4n) is 2.63. The maximum absolute atomic E-state index is 12.8. The fourth-order valence-corrected chi connectivity index (χ4v) is 2.63. The number of aryl methyl sites for hydroxylation is 1. The minimum absolute atomic E-state index is 0.170. The Morgan fingerprint density at radius 1 is 1.19 bits per heavy atom. The standard InChI is InChI=1S/C21H20N4O2/c1-15-7-6-10-17(13-15)25-14-19(27-2)21(26)20(24-25)18(11-12-22)23-16-8-4-3-5-9-16/h3-14,22-23H,1-2H3/b18-11-,22-12?. The Morgan fingerprint density at radius 2 is 1.96 bits per heavy atom. The summed E-state index contributed by atoms with van der Waals surface area (Å²) >= 11 is 0. The number of hydrogen-bond acceptors (Lipinski definition) is 5. The highest BCUT2D eigenvalue weighted by Crippen LogP contribution is 2.18. The number of hydrogen-bond donors (Lipinski definition) is 2. The van der Waals surface area contributed by atoms with Gasteiger partial charge >= 0.3 is 0 Å². The quantitative estimate of drug-likeness (QED) is 0.658.